The number of hydrogen-bond acceptors (Lipinski definition) is 4. The zero-order valence-corrected chi connectivity index (χ0v) is 12.3. The first kappa shape index (κ1) is 14.7. The Morgan fingerprint density at radius 3 is 2.90 bits per heavy atom. The Morgan fingerprint density at radius 1 is 1.30 bits per heavy atom. The van der Waals surface area contributed by atoms with Crippen LogP contribution in [0.4, 0.5) is 0 Å². The summed E-state index contributed by atoms with van der Waals surface area (Å²) in [5.74, 6) is 1.03. The first-order chi connectivity index (χ1) is 9.85. The molecule has 5 heteroatoms. The molecule has 0 bridgehead atoms. The second-order valence-corrected chi connectivity index (χ2v) is 4.90. The van der Waals surface area contributed by atoms with Gasteiger partial charge in [0.05, 0.1) is 0 Å². The fraction of sp³-hybridized carbons (Fsp3) is 0.533. The minimum atomic E-state index is 0.239. The molecule has 0 fully saturated rings. The predicted octanol–water partition coefficient (Wildman–Crippen LogP) is 2.37. The summed E-state index contributed by atoms with van der Waals surface area (Å²) in [6, 6.07) is 4.33. The van der Waals surface area contributed by atoms with Gasteiger partial charge in [-0.3, -0.25) is 9.67 Å². The van der Waals surface area contributed by atoms with Crippen molar-refractivity contribution in [3.8, 4) is 0 Å². The normalized spacial score (nSPS) is 12.5. The molecule has 0 spiro atoms. The highest BCUT2D eigenvalue weighted by Crippen LogP contribution is 2.16. The van der Waals surface area contributed by atoms with Crippen LogP contribution in [-0.4, -0.2) is 26.3 Å². The smallest absolute Gasteiger partial charge is 0.138 e. The lowest BCUT2D eigenvalue weighted by Crippen LogP contribution is -2.25. The average Bonchev–Trinajstić information content (AvgIpc) is 2.92. The molecule has 2 rings (SSSR count). The molecule has 1 atom stereocenters. The molecule has 0 aliphatic rings. The molecule has 0 aromatic carbocycles. The van der Waals surface area contributed by atoms with Gasteiger partial charge in [0.2, 0.25) is 0 Å². The highest BCUT2D eigenvalue weighted by atomic mass is 15.3. The number of nitrogens with zero attached hydrogens (tertiary/aromatic N) is 4. The van der Waals surface area contributed by atoms with Gasteiger partial charge in [0, 0.05) is 31.4 Å². The summed E-state index contributed by atoms with van der Waals surface area (Å²) in [6.07, 6.45) is 8.39. The Balaban J connectivity index is 2.13. The molecule has 0 aliphatic heterocycles. The van der Waals surface area contributed by atoms with Crippen LogP contribution in [0.5, 0.6) is 0 Å². The van der Waals surface area contributed by atoms with Crippen LogP contribution in [0, 0.1) is 0 Å². The van der Waals surface area contributed by atoms with Crippen molar-refractivity contribution in [2.45, 2.75) is 45.7 Å². The zero-order chi connectivity index (χ0) is 14.2. The lowest BCUT2D eigenvalue weighted by molar-refractivity contribution is 0.487. The van der Waals surface area contributed by atoms with Crippen molar-refractivity contribution in [3.05, 3.63) is 42.2 Å². The summed E-state index contributed by atoms with van der Waals surface area (Å²) in [6.45, 7) is 6.23. The summed E-state index contributed by atoms with van der Waals surface area (Å²) < 4.78 is 2.00. The third-order valence-electron chi connectivity index (χ3n) is 3.25. The Morgan fingerprint density at radius 2 is 2.20 bits per heavy atom. The van der Waals surface area contributed by atoms with E-state index in [2.05, 4.69) is 40.3 Å². The van der Waals surface area contributed by atoms with Crippen LogP contribution in [0.15, 0.2) is 30.9 Å². The number of pyridine rings is 1. The highest BCUT2D eigenvalue weighted by Gasteiger charge is 2.15. The predicted molar refractivity (Wildman–Crippen MR) is 79.3 cm³/mol. The van der Waals surface area contributed by atoms with Crippen molar-refractivity contribution in [2.24, 2.45) is 0 Å². The molecule has 20 heavy (non-hydrogen) atoms. The van der Waals surface area contributed by atoms with Gasteiger partial charge in [-0.25, -0.2) is 4.98 Å². The van der Waals surface area contributed by atoms with Gasteiger partial charge in [-0.1, -0.05) is 19.9 Å². The van der Waals surface area contributed by atoms with E-state index >= 15 is 0 Å². The number of hydrogen-bond donors (Lipinski definition) is 1. The maximum atomic E-state index is 4.40. The quantitative estimate of drug-likeness (QED) is 0.802. The van der Waals surface area contributed by atoms with Crippen LogP contribution in [0.1, 0.15) is 44.1 Å². The lowest BCUT2D eigenvalue weighted by Gasteiger charge is -2.18. The van der Waals surface area contributed by atoms with Crippen molar-refractivity contribution >= 4 is 0 Å². The molecule has 5 nitrogen and oxygen atoms in total. The molecule has 0 amide bonds. The van der Waals surface area contributed by atoms with E-state index in [1.807, 2.05) is 16.9 Å². The Kier molecular flexibility index (Phi) is 5.68. The molecule has 0 saturated carbocycles. The summed E-state index contributed by atoms with van der Waals surface area (Å²) in [7, 11) is 0. The van der Waals surface area contributed by atoms with Crippen LogP contribution in [-0.2, 0) is 13.0 Å². The Hall–Kier alpha value is -1.75. The summed E-state index contributed by atoms with van der Waals surface area (Å²) >= 11 is 0. The van der Waals surface area contributed by atoms with Crippen LogP contribution in [0.2, 0.25) is 0 Å². The van der Waals surface area contributed by atoms with Crippen LogP contribution in [0.3, 0.4) is 0 Å². The zero-order valence-electron chi connectivity index (χ0n) is 12.3. The molecule has 0 aliphatic carbocycles. The minimum absolute atomic E-state index is 0.239. The van der Waals surface area contributed by atoms with Gasteiger partial charge < -0.3 is 5.32 Å². The molecular formula is C15H23N5. The van der Waals surface area contributed by atoms with Gasteiger partial charge in [-0.15, -0.1) is 0 Å². The lowest BCUT2D eigenvalue weighted by atomic mass is 10.1. The van der Waals surface area contributed by atoms with Crippen LogP contribution < -0.4 is 5.32 Å². The van der Waals surface area contributed by atoms with Crippen LogP contribution in [0.25, 0.3) is 0 Å². The summed E-state index contributed by atoms with van der Waals surface area (Å²) in [4.78, 5) is 8.62. The van der Waals surface area contributed by atoms with Crippen molar-refractivity contribution in [1.82, 2.24) is 25.1 Å². The van der Waals surface area contributed by atoms with Gasteiger partial charge in [-0.2, -0.15) is 5.10 Å². The van der Waals surface area contributed by atoms with Gasteiger partial charge in [0.1, 0.15) is 12.2 Å². The number of aryl methyl sites for hydroxylation is 1. The fourth-order valence-electron chi connectivity index (χ4n) is 2.24. The van der Waals surface area contributed by atoms with Crippen LogP contribution >= 0.6 is 0 Å². The largest absolute Gasteiger partial charge is 0.310 e. The summed E-state index contributed by atoms with van der Waals surface area (Å²) in [5.41, 5.74) is 1.20. The fourth-order valence-corrected chi connectivity index (χ4v) is 2.24. The molecule has 2 heterocycles. The molecule has 0 saturated heterocycles. The van der Waals surface area contributed by atoms with Crippen molar-refractivity contribution in [3.63, 3.8) is 0 Å². The van der Waals surface area contributed by atoms with E-state index < -0.39 is 0 Å². The van der Waals surface area contributed by atoms with Gasteiger partial charge in [-0.05, 0) is 31.0 Å². The third-order valence-corrected chi connectivity index (χ3v) is 3.25. The number of nitrogens with one attached hydrogen (secondary N) is 1. The maximum absolute atomic E-state index is 4.40. The average molecular weight is 273 g/mol. The van der Waals surface area contributed by atoms with E-state index in [4.69, 9.17) is 0 Å². The molecule has 2 aromatic heterocycles. The third kappa shape index (κ3) is 3.87. The van der Waals surface area contributed by atoms with E-state index in [9.17, 15) is 0 Å². The molecule has 1 unspecified atom stereocenters. The molecular weight excluding hydrogens is 250 g/mol. The SMILES string of the molecule is CCCNC(Cc1ncnn1CCC)c1cccnc1. The molecule has 108 valence electrons. The monoisotopic (exact) mass is 273 g/mol. The Labute approximate surface area is 120 Å². The van der Waals surface area contributed by atoms with E-state index in [-0.39, 0.29) is 6.04 Å². The Bertz CT molecular complexity index is 494. The standard InChI is InChI=1S/C15H23N5/c1-3-7-17-14(13-6-5-8-16-11-13)10-15-18-12-19-20(15)9-4-2/h5-6,8,11-12,14,17H,3-4,7,9-10H2,1-2H3. The van der Waals surface area contributed by atoms with E-state index in [0.29, 0.717) is 0 Å². The molecule has 1 N–H and O–H groups in total. The maximum Gasteiger partial charge on any atom is 0.138 e. The number of aromatic nitrogens is 4. The van der Waals surface area contributed by atoms with E-state index in [1.54, 1.807) is 12.5 Å². The van der Waals surface area contributed by atoms with Gasteiger partial charge in [0.25, 0.3) is 0 Å². The van der Waals surface area contributed by atoms with Crippen molar-refractivity contribution < 1.29 is 0 Å². The summed E-state index contributed by atoms with van der Waals surface area (Å²) in [5, 5.41) is 7.87. The molecule has 0 radical (unpaired) electrons. The van der Waals surface area contributed by atoms with E-state index in [1.165, 1.54) is 5.56 Å². The van der Waals surface area contributed by atoms with E-state index in [0.717, 1.165) is 38.2 Å². The highest BCUT2D eigenvalue weighted by molar-refractivity contribution is 5.15. The van der Waals surface area contributed by atoms with Crippen molar-refractivity contribution in [1.29, 1.82) is 0 Å². The first-order valence-corrected chi connectivity index (χ1v) is 7.35. The van der Waals surface area contributed by atoms with Gasteiger partial charge >= 0.3 is 0 Å². The van der Waals surface area contributed by atoms with Crippen molar-refractivity contribution in [2.75, 3.05) is 6.54 Å². The first-order valence-electron chi connectivity index (χ1n) is 7.35. The minimum Gasteiger partial charge on any atom is -0.310 e. The number of rotatable bonds is 8. The topological polar surface area (TPSA) is 55.6 Å². The van der Waals surface area contributed by atoms with Gasteiger partial charge in [0.15, 0.2) is 0 Å². The second-order valence-electron chi connectivity index (χ2n) is 4.90. The molecule has 2 aromatic rings. The second kappa shape index (κ2) is 7.75.